The van der Waals surface area contributed by atoms with Gasteiger partial charge >= 0.3 is 0 Å². The molecule has 0 aromatic heterocycles. The lowest BCUT2D eigenvalue weighted by molar-refractivity contribution is -0.125. The van der Waals surface area contributed by atoms with Crippen molar-refractivity contribution in [3.63, 3.8) is 0 Å². The average Bonchev–Trinajstić information content (AvgIpc) is 2.59. The van der Waals surface area contributed by atoms with E-state index in [-0.39, 0.29) is 29.8 Å². The van der Waals surface area contributed by atoms with Crippen molar-refractivity contribution < 1.29 is 13.9 Å². The van der Waals surface area contributed by atoms with Crippen LogP contribution in [-0.2, 0) is 4.79 Å². The monoisotopic (exact) mass is 330 g/mol. The summed E-state index contributed by atoms with van der Waals surface area (Å²) < 4.78 is 18.7. The molecule has 0 aliphatic carbocycles. The summed E-state index contributed by atoms with van der Waals surface area (Å²) in [5, 5.41) is 2.83. The Morgan fingerprint density at radius 1 is 1.17 bits per heavy atom. The first-order valence-electron chi connectivity index (χ1n) is 7.98. The molecule has 0 saturated heterocycles. The summed E-state index contributed by atoms with van der Waals surface area (Å²) in [6.07, 6.45) is -0.282. The molecule has 2 aromatic rings. The molecule has 0 saturated carbocycles. The van der Waals surface area contributed by atoms with Gasteiger partial charge in [0.25, 0.3) is 0 Å². The maximum absolute atomic E-state index is 13.1. The highest BCUT2D eigenvalue weighted by Crippen LogP contribution is 2.19. The van der Waals surface area contributed by atoms with Crippen LogP contribution in [0.15, 0.2) is 54.6 Å². The molecule has 1 amide bonds. The van der Waals surface area contributed by atoms with E-state index in [2.05, 4.69) is 5.32 Å². The Hall–Kier alpha value is -2.40. The van der Waals surface area contributed by atoms with Gasteiger partial charge in [-0.05, 0) is 24.6 Å². The van der Waals surface area contributed by atoms with Crippen LogP contribution in [0.4, 0.5) is 4.39 Å². The molecule has 0 spiro atoms. The molecule has 0 aliphatic rings. The maximum atomic E-state index is 13.1. The summed E-state index contributed by atoms with van der Waals surface area (Å²) in [4.78, 5) is 12.3. The Morgan fingerprint density at radius 2 is 1.88 bits per heavy atom. The number of amides is 1. The van der Waals surface area contributed by atoms with Crippen molar-refractivity contribution >= 4 is 5.91 Å². The first-order chi connectivity index (χ1) is 11.5. The Bertz CT molecular complexity index is 663. The van der Waals surface area contributed by atoms with Gasteiger partial charge in [0.2, 0.25) is 5.91 Å². The van der Waals surface area contributed by atoms with Crippen LogP contribution >= 0.6 is 0 Å². The molecule has 0 heterocycles. The van der Waals surface area contributed by atoms with Crippen molar-refractivity contribution in [1.82, 2.24) is 5.32 Å². The predicted molar refractivity (Wildman–Crippen MR) is 92.0 cm³/mol. The Balaban J connectivity index is 1.83. The van der Waals surface area contributed by atoms with Gasteiger partial charge < -0.3 is 15.8 Å². The van der Waals surface area contributed by atoms with E-state index in [9.17, 15) is 9.18 Å². The molecule has 0 radical (unpaired) electrons. The molecule has 2 aromatic carbocycles. The van der Waals surface area contributed by atoms with Crippen LogP contribution in [0, 0.1) is 11.7 Å². The summed E-state index contributed by atoms with van der Waals surface area (Å²) in [6, 6.07) is 15.1. The zero-order valence-electron chi connectivity index (χ0n) is 13.9. The number of halogens is 1. The third-order valence-electron chi connectivity index (χ3n) is 3.83. The molecule has 3 N–H and O–H groups in total. The van der Waals surface area contributed by atoms with E-state index in [0.717, 1.165) is 5.56 Å². The number of hydrogen-bond donors (Lipinski definition) is 2. The minimum Gasteiger partial charge on any atom is -0.489 e. The van der Waals surface area contributed by atoms with E-state index in [0.29, 0.717) is 12.3 Å². The van der Waals surface area contributed by atoms with Crippen molar-refractivity contribution in [1.29, 1.82) is 0 Å². The second kappa shape index (κ2) is 8.45. The second-order valence-electron chi connectivity index (χ2n) is 5.86. The first-order valence-corrected chi connectivity index (χ1v) is 7.98. The van der Waals surface area contributed by atoms with Gasteiger partial charge in [-0.15, -0.1) is 0 Å². The molecule has 0 fully saturated rings. The van der Waals surface area contributed by atoms with E-state index < -0.39 is 0 Å². The molecule has 2 rings (SSSR count). The number of ether oxygens (including phenoxy) is 1. The summed E-state index contributed by atoms with van der Waals surface area (Å²) >= 11 is 0. The van der Waals surface area contributed by atoms with Gasteiger partial charge in [-0.3, -0.25) is 4.79 Å². The van der Waals surface area contributed by atoms with Crippen molar-refractivity contribution in [3.05, 3.63) is 66.0 Å². The number of rotatable bonds is 7. The molecular formula is C19H23FN2O2. The number of carbonyl (C=O) groups excluding carboxylic acids is 1. The number of benzene rings is 2. The van der Waals surface area contributed by atoms with Crippen LogP contribution in [0.3, 0.4) is 0 Å². The largest absolute Gasteiger partial charge is 0.489 e. The van der Waals surface area contributed by atoms with Gasteiger partial charge in [0.1, 0.15) is 17.7 Å². The Morgan fingerprint density at radius 3 is 2.54 bits per heavy atom. The minimum absolute atomic E-state index is 0.138. The van der Waals surface area contributed by atoms with Crippen molar-refractivity contribution in [2.75, 3.05) is 6.54 Å². The molecule has 3 unspecified atom stereocenters. The van der Waals surface area contributed by atoms with E-state index in [1.54, 1.807) is 19.1 Å². The third kappa shape index (κ3) is 5.06. The third-order valence-corrected chi connectivity index (χ3v) is 3.83. The van der Waals surface area contributed by atoms with Crippen LogP contribution in [-0.4, -0.2) is 18.6 Å². The van der Waals surface area contributed by atoms with Crippen LogP contribution in [0.2, 0.25) is 0 Å². The normalized spacial score (nSPS) is 14.5. The van der Waals surface area contributed by atoms with Gasteiger partial charge in [-0.2, -0.15) is 0 Å². The fourth-order valence-corrected chi connectivity index (χ4v) is 2.35. The summed E-state index contributed by atoms with van der Waals surface area (Å²) in [7, 11) is 0. The van der Waals surface area contributed by atoms with Crippen LogP contribution < -0.4 is 15.8 Å². The van der Waals surface area contributed by atoms with Gasteiger partial charge in [0.15, 0.2) is 0 Å². The standard InChI is InChI=1S/C19H23FN2O2/c1-13(24-17-10-6-9-16(20)11-17)12-22-19(23)14(2)18(21)15-7-4-3-5-8-15/h3-11,13-14,18H,12,21H2,1-2H3,(H,22,23). The highest BCUT2D eigenvalue weighted by atomic mass is 19.1. The first kappa shape index (κ1) is 17.9. The Labute approximate surface area is 141 Å². The molecule has 4 nitrogen and oxygen atoms in total. The van der Waals surface area contributed by atoms with Crippen LogP contribution in [0.1, 0.15) is 25.5 Å². The van der Waals surface area contributed by atoms with Crippen LogP contribution in [0.5, 0.6) is 5.75 Å². The van der Waals surface area contributed by atoms with Gasteiger partial charge in [0, 0.05) is 12.1 Å². The number of nitrogens with one attached hydrogen (secondary N) is 1. The topological polar surface area (TPSA) is 64.4 Å². The maximum Gasteiger partial charge on any atom is 0.224 e. The van der Waals surface area contributed by atoms with E-state index in [1.165, 1.54) is 12.1 Å². The molecule has 0 bridgehead atoms. The summed E-state index contributed by atoms with van der Waals surface area (Å²) in [6.45, 7) is 3.93. The van der Waals surface area contributed by atoms with E-state index in [1.807, 2.05) is 37.3 Å². The van der Waals surface area contributed by atoms with Crippen molar-refractivity contribution in [3.8, 4) is 5.75 Å². The molecule has 24 heavy (non-hydrogen) atoms. The molecule has 128 valence electrons. The highest BCUT2D eigenvalue weighted by Gasteiger charge is 2.22. The minimum atomic E-state index is -0.370. The lowest BCUT2D eigenvalue weighted by atomic mass is 9.94. The van der Waals surface area contributed by atoms with E-state index >= 15 is 0 Å². The SMILES string of the molecule is CC(CNC(=O)C(C)C(N)c1ccccc1)Oc1cccc(F)c1. The molecule has 0 aliphatic heterocycles. The summed E-state index contributed by atoms with van der Waals surface area (Å²) in [5.41, 5.74) is 7.07. The smallest absolute Gasteiger partial charge is 0.224 e. The molecule has 5 heteroatoms. The van der Waals surface area contributed by atoms with Gasteiger partial charge in [0.05, 0.1) is 12.5 Å². The lowest BCUT2D eigenvalue weighted by Gasteiger charge is -2.21. The average molecular weight is 330 g/mol. The quantitative estimate of drug-likeness (QED) is 0.820. The highest BCUT2D eigenvalue weighted by molar-refractivity contribution is 5.79. The fourth-order valence-electron chi connectivity index (χ4n) is 2.35. The Kier molecular flexibility index (Phi) is 6.32. The molecular weight excluding hydrogens is 307 g/mol. The zero-order valence-corrected chi connectivity index (χ0v) is 13.9. The number of nitrogens with two attached hydrogens (primary N) is 1. The van der Waals surface area contributed by atoms with Crippen LogP contribution in [0.25, 0.3) is 0 Å². The van der Waals surface area contributed by atoms with Gasteiger partial charge in [-0.1, -0.05) is 43.3 Å². The van der Waals surface area contributed by atoms with Gasteiger partial charge in [-0.25, -0.2) is 4.39 Å². The fraction of sp³-hybridized carbons (Fsp3) is 0.316. The predicted octanol–water partition coefficient (Wildman–Crippen LogP) is 3.05. The van der Waals surface area contributed by atoms with Crippen molar-refractivity contribution in [2.24, 2.45) is 11.7 Å². The zero-order chi connectivity index (χ0) is 17.5. The number of hydrogen-bond acceptors (Lipinski definition) is 3. The van der Waals surface area contributed by atoms with E-state index in [4.69, 9.17) is 10.5 Å². The number of carbonyl (C=O) groups is 1. The lowest BCUT2D eigenvalue weighted by Crippen LogP contribution is -2.40. The summed E-state index contributed by atoms with van der Waals surface area (Å²) in [5.74, 6) is -0.424. The second-order valence-corrected chi connectivity index (χ2v) is 5.86. The molecule has 3 atom stereocenters. The van der Waals surface area contributed by atoms with Crippen molar-refractivity contribution in [2.45, 2.75) is 26.0 Å².